The van der Waals surface area contributed by atoms with Gasteiger partial charge < -0.3 is 14.8 Å². The van der Waals surface area contributed by atoms with Gasteiger partial charge in [-0.2, -0.15) is 0 Å². The van der Waals surface area contributed by atoms with Gasteiger partial charge in [0, 0.05) is 29.5 Å². The Labute approximate surface area is 191 Å². The highest BCUT2D eigenvalue weighted by Crippen LogP contribution is 2.22. The summed E-state index contributed by atoms with van der Waals surface area (Å²) in [4.78, 5) is 40.9. The van der Waals surface area contributed by atoms with Crippen molar-refractivity contribution in [1.82, 2.24) is 9.47 Å². The zero-order valence-corrected chi connectivity index (χ0v) is 18.2. The number of piperidine rings is 1. The van der Waals surface area contributed by atoms with Gasteiger partial charge in [0.1, 0.15) is 6.54 Å². The number of carbonyl (C=O) groups is 2. The van der Waals surface area contributed by atoms with Crippen LogP contribution in [0.4, 0.5) is 5.69 Å². The molecule has 6 heteroatoms. The van der Waals surface area contributed by atoms with Crippen molar-refractivity contribution in [2.45, 2.75) is 19.4 Å². The van der Waals surface area contributed by atoms with Crippen LogP contribution < -0.4 is 10.7 Å². The Morgan fingerprint density at radius 3 is 2.12 bits per heavy atom. The Morgan fingerprint density at radius 1 is 0.848 bits per heavy atom. The lowest BCUT2D eigenvalue weighted by Crippen LogP contribution is -2.45. The average Bonchev–Trinajstić information content (AvgIpc) is 2.87. The monoisotopic (exact) mass is 439 g/mol. The summed E-state index contributed by atoms with van der Waals surface area (Å²) in [6, 6.07) is 24.2. The molecule has 33 heavy (non-hydrogen) atoms. The minimum absolute atomic E-state index is 0.0273. The zero-order valence-electron chi connectivity index (χ0n) is 18.2. The maximum atomic E-state index is 13.4. The Hall–Kier alpha value is -3.93. The van der Waals surface area contributed by atoms with Crippen LogP contribution in [-0.2, 0) is 16.1 Å². The van der Waals surface area contributed by atoms with Crippen LogP contribution in [0.1, 0.15) is 12.8 Å². The first-order valence-corrected chi connectivity index (χ1v) is 11.3. The highest BCUT2D eigenvalue weighted by molar-refractivity contribution is 5.95. The molecular formula is C27H25N3O3. The van der Waals surface area contributed by atoms with Gasteiger partial charge in [0.15, 0.2) is 5.43 Å². The number of nitrogens with zero attached hydrogens (tertiary/aromatic N) is 2. The summed E-state index contributed by atoms with van der Waals surface area (Å²) in [5.74, 6) is -0.352. The molecule has 1 N–H and O–H groups in total. The molecule has 0 spiro atoms. The number of carbonyl (C=O) groups excluding carboxylic acids is 2. The topological polar surface area (TPSA) is 71.4 Å². The molecule has 1 atom stereocenters. The van der Waals surface area contributed by atoms with Crippen LogP contribution in [0.3, 0.4) is 0 Å². The zero-order chi connectivity index (χ0) is 22.8. The highest BCUT2D eigenvalue weighted by atomic mass is 16.2. The fourth-order valence-corrected chi connectivity index (χ4v) is 4.67. The van der Waals surface area contributed by atoms with Gasteiger partial charge in [-0.05, 0) is 49.2 Å². The summed E-state index contributed by atoms with van der Waals surface area (Å²) >= 11 is 0. The number of benzene rings is 3. The summed E-state index contributed by atoms with van der Waals surface area (Å²) in [7, 11) is 0. The maximum Gasteiger partial charge on any atom is 0.242 e. The van der Waals surface area contributed by atoms with E-state index < -0.39 is 0 Å². The van der Waals surface area contributed by atoms with E-state index in [-0.39, 0.29) is 29.7 Å². The molecule has 1 aromatic heterocycles. The van der Waals surface area contributed by atoms with Crippen LogP contribution in [0.2, 0.25) is 0 Å². The van der Waals surface area contributed by atoms with Crippen molar-refractivity contribution in [3.05, 3.63) is 89.1 Å². The molecule has 0 aliphatic carbocycles. The second-order valence-electron chi connectivity index (χ2n) is 8.48. The maximum absolute atomic E-state index is 13.4. The number of para-hydroxylation sites is 3. The van der Waals surface area contributed by atoms with E-state index >= 15 is 0 Å². The van der Waals surface area contributed by atoms with Crippen molar-refractivity contribution < 1.29 is 9.59 Å². The fraction of sp³-hybridized carbons (Fsp3) is 0.222. The van der Waals surface area contributed by atoms with Crippen LogP contribution in [0, 0.1) is 5.92 Å². The van der Waals surface area contributed by atoms with Crippen molar-refractivity contribution in [2.24, 2.45) is 5.92 Å². The molecule has 6 nitrogen and oxygen atoms in total. The first kappa shape index (κ1) is 20.9. The van der Waals surface area contributed by atoms with Gasteiger partial charge in [-0.3, -0.25) is 14.4 Å². The molecule has 1 fully saturated rings. The Bertz CT molecular complexity index is 1330. The number of hydrogen-bond acceptors (Lipinski definition) is 3. The lowest BCUT2D eigenvalue weighted by molar-refractivity contribution is -0.135. The van der Waals surface area contributed by atoms with Crippen LogP contribution in [-0.4, -0.2) is 34.4 Å². The first-order chi connectivity index (χ1) is 16.1. The lowest BCUT2D eigenvalue weighted by Gasteiger charge is -2.32. The number of amides is 2. The molecule has 0 saturated carbocycles. The van der Waals surface area contributed by atoms with E-state index in [0.29, 0.717) is 23.9 Å². The van der Waals surface area contributed by atoms with Crippen LogP contribution in [0.5, 0.6) is 0 Å². The van der Waals surface area contributed by atoms with Crippen molar-refractivity contribution >= 4 is 39.3 Å². The number of likely N-dealkylation sites (tertiary alicyclic amines) is 1. The summed E-state index contributed by atoms with van der Waals surface area (Å²) in [5.41, 5.74) is 2.22. The molecule has 1 saturated heterocycles. The molecule has 1 unspecified atom stereocenters. The first-order valence-electron chi connectivity index (χ1n) is 11.3. The van der Waals surface area contributed by atoms with Gasteiger partial charge >= 0.3 is 0 Å². The number of rotatable bonds is 4. The summed E-state index contributed by atoms with van der Waals surface area (Å²) < 4.78 is 1.92. The molecule has 2 heterocycles. The summed E-state index contributed by atoms with van der Waals surface area (Å²) in [6.07, 6.45) is 1.54. The summed E-state index contributed by atoms with van der Waals surface area (Å²) in [6.45, 7) is 1.14. The molecule has 3 aromatic carbocycles. The van der Waals surface area contributed by atoms with E-state index in [0.717, 1.165) is 29.6 Å². The molecular weight excluding hydrogens is 414 g/mol. The third-order valence-corrected chi connectivity index (χ3v) is 6.36. The second kappa shape index (κ2) is 8.90. The molecule has 2 amide bonds. The number of pyridine rings is 1. The minimum atomic E-state index is -0.245. The van der Waals surface area contributed by atoms with Gasteiger partial charge in [-0.25, -0.2) is 0 Å². The average molecular weight is 440 g/mol. The third-order valence-electron chi connectivity index (χ3n) is 6.36. The third kappa shape index (κ3) is 4.12. The Kier molecular flexibility index (Phi) is 5.65. The smallest absolute Gasteiger partial charge is 0.242 e. The van der Waals surface area contributed by atoms with Gasteiger partial charge in [0.2, 0.25) is 11.8 Å². The van der Waals surface area contributed by atoms with Crippen molar-refractivity contribution in [3.8, 4) is 0 Å². The highest BCUT2D eigenvalue weighted by Gasteiger charge is 2.29. The van der Waals surface area contributed by atoms with E-state index in [4.69, 9.17) is 0 Å². The van der Waals surface area contributed by atoms with Crippen LogP contribution in [0.25, 0.3) is 21.8 Å². The molecule has 0 bridgehead atoms. The quantitative estimate of drug-likeness (QED) is 0.488. The number of nitrogens with one attached hydrogen (secondary N) is 1. The molecule has 0 radical (unpaired) electrons. The van der Waals surface area contributed by atoms with E-state index in [9.17, 15) is 14.4 Å². The van der Waals surface area contributed by atoms with Crippen molar-refractivity contribution in [2.75, 3.05) is 18.4 Å². The Balaban J connectivity index is 1.40. The van der Waals surface area contributed by atoms with Gasteiger partial charge in [-0.15, -0.1) is 0 Å². The van der Waals surface area contributed by atoms with Gasteiger partial charge in [-0.1, -0.05) is 42.5 Å². The number of fused-ring (bicyclic) bond motifs is 2. The predicted octanol–water partition coefficient (Wildman–Crippen LogP) is 4.03. The van der Waals surface area contributed by atoms with Crippen LogP contribution in [0.15, 0.2) is 83.7 Å². The predicted molar refractivity (Wildman–Crippen MR) is 130 cm³/mol. The number of aromatic nitrogens is 1. The molecule has 166 valence electrons. The van der Waals surface area contributed by atoms with E-state index in [2.05, 4.69) is 5.32 Å². The van der Waals surface area contributed by atoms with Gasteiger partial charge in [0.25, 0.3) is 0 Å². The molecule has 1 aliphatic rings. The van der Waals surface area contributed by atoms with Crippen LogP contribution >= 0.6 is 0 Å². The normalized spacial score (nSPS) is 16.1. The SMILES string of the molecule is O=C(Nc1ccccc1)C1CCCN(C(=O)Cn2c3ccccc3c(=O)c3ccccc32)C1. The largest absolute Gasteiger partial charge is 0.340 e. The van der Waals surface area contributed by atoms with E-state index in [1.807, 2.05) is 71.3 Å². The fourth-order valence-electron chi connectivity index (χ4n) is 4.67. The number of hydrogen-bond donors (Lipinski definition) is 1. The summed E-state index contributed by atoms with van der Waals surface area (Å²) in [5, 5.41) is 4.16. The molecule has 1 aliphatic heterocycles. The Morgan fingerprint density at radius 2 is 1.45 bits per heavy atom. The lowest BCUT2D eigenvalue weighted by atomic mass is 9.97. The minimum Gasteiger partial charge on any atom is -0.340 e. The van der Waals surface area contributed by atoms with Crippen molar-refractivity contribution in [3.63, 3.8) is 0 Å². The standard InChI is InChI=1S/C27H25N3O3/c31-25(29-16-8-9-19(17-29)27(33)28-20-10-2-1-3-11-20)18-30-23-14-6-4-12-21(23)26(32)22-13-5-7-15-24(22)30/h1-7,10-15,19H,8-9,16-18H2,(H,28,33). The van der Waals surface area contributed by atoms with E-state index in [1.165, 1.54) is 0 Å². The van der Waals surface area contributed by atoms with Crippen molar-refractivity contribution in [1.29, 1.82) is 0 Å². The van der Waals surface area contributed by atoms with E-state index in [1.54, 1.807) is 17.0 Å². The number of anilines is 1. The van der Waals surface area contributed by atoms with Gasteiger partial charge in [0.05, 0.1) is 17.0 Å². The molecule has 5 rings (SSSR count). The molecule has 4 aromatic rings. The second-order valence-corrected chi connectivity index (χ2v) is 8.48.